The SMILES string of the molecule is CCCCCCCCCCCCCCCCCc1nc2cc(N)ccc2c(=O)n1CCN(C(C)C)C(C)C.Cl. The van der Waals surface area contributed by atoms with Crippen molar-refractivity contribution in [3.05, 3.63) is 34.4 Å². The fourth-order valence-electron chi connectivity index (χ4n) is 5.69. The van der Waals surface area contributed by atoms with Gasteiger partial charge in [-0.05, 0) is 52.3 Å². The molecule has 0 spiro atoms. The van der Waals surface area contributed by atoms with Crippen molar-refractivity contribution >= 4 is 29.0 Å². The summed E-state index contributed by atoms with van der Waals surface area (Å²) in [5.41, 5.74) is 7.46. The molecule has 0 amide bonds. The van der Waals surface area contributed by atoms with E-state index in [1.165, 1.54) is 89.9 Å². The Bertz CT molecular complexity index is 964. The third kappa shape index (κ3) is 13.1. The van der Waals surface area contributed by atoms with Gasteiger partial charge in [-0.2, -0.15) is 0 Å². The van der Waals surface area contributed by atoms with Crippen molar-refractivity contribution in [2.75, 3.05) is 12.3 Å². The van der Waals surface area contributed by atoms with Crippen LogP contribution in [0.3, 0.4) is 0 Å². The minimum Gasteiger partial charge on any atom is -0.399 e. The molecule has 0 bridgehead atoms. The molecule has 0 radical (unpaired) electrons. The predicted molar refractivity (Wildman–Crippen MR) is 173 cm³/mol. The molecule has 6 heteroatoms. The summed E-state index contributed by atoms with van der Waals surface area (Å²) < 4.78 is 1.93. The lowest BCUT2D eigenvalue weighted by atomic mass is 10.0. The molecule has 0 fully saturated rings. The van der Waals surface area contributed by atoms with Crippen LogP contribution in [0.25, 0.3) is 10.9 Å². The highest BCUT2D eigenvalue weighted by Gasteiger charge is 2.16. The van der Waals surface area contributed by atoms with Gasteiger partial charge in [0.2, 0.25) is 0 Å². The Balaban J connectivity index is 0.00000760. The van der Waals surface area contributed by atoms with Crippen molar-refractivity contribution in [2.45, 2.75) is 156 Å². The van der Waals surface area contributed by atoms with Crippen LogP contribution in [-0.2, 0) is 13.0 Å². The maximum Gasteiger partial charge on any atom is 0.261 e. The molecule has 0 aliphatic heterocycles. The van der Waals surface area contributed by atoms with Gasteiger partial charge >= 0.3 is 0 Å². The number of benzene rings is 1. The van der Waals surface area contributed by atoms with Crippen LogP contribution in [0.5, 0.6) is 0 Å². The van der Waals surface area contributed by atoms with Gasteiger partial charge in [0.15, 0.2) is 0 Å². The Kier molecular flexibility index (Phi) is 18.5. The molecule has 0 saturated heterocycles. The molecule has 1 aromatic carbocycles. The van der Waals surface area contributed by atoms with Gasteiger partial charge in [0.05, 0.1) is 10.9 Å². The average molecular weight is 563 g/mol. The van der Waals surface area contributed by atoms with Gasteiger partial charge in [-0.1, -0.05) is 96.8 Å². The normalized spacial score (nSPS) is 11.7. The first-order chi connectivity index (χ1) is 18.3. The number of aromatic nitrogens is 2. The second kappa shape index (κ2) is 20.3. The number of anilines is 1. The first-order valence-corrected chi connectivity index (χ1v) is 15.9. The number of aryl methyl sites for hydroxylation is 1. The number of fused-ring (bicyclic) bond motifs is 1. The molecule has 2 aromatic rings. The molecule has 0 unspecified atom stereocenters. The van der Waals surface area contributed by atoms with Crippen molar-refractivity contribution in [3.63, 3.8) is 0 Å². The zero-order valence-electron chi connectivity index (χ0n) is 25.9. The van der Waals surface area contributed by atoms with Gasteiger partial charge in [0.25, 0.3) is 5.56 Å². The van der Waals surface area contributed by atoms with Gasteiger partial charge < -0.3 is 5.73 Å². The average Bonchev–Trinajstić information content (AvgIpc) is 2.87. The Morgan fingerprint density at radius 3 is 1.77 bits per heavy atom. The Labute approximate surface area is 245 Å². The molecule has 1 heterocycles. The molecule has 2 N–H and O–H groups in total. The van der Waals surface area contributed by atoms with E-state index < -0.39 is 0 Å². The van der Waals surface area contributed by atoms with E-state index >= 15 is 0 Å². The van der Waals surface area contributed by atoms with Crippen LogP contribution in [0.4, 0.5) is 5.69 Å². The maximum atomic E-state index is 13.4. The summed E-state index contributed by atoms with van der Waals surface area (Å²) in [7, 11) is 0. The van der Waals surface area contributed by atoms with Crippen LogP contribution in [0.2, 0.25) is 0 Å². The number of unbranched alkanes of at least 4 members (excludes halogenated alkanes) is 14. The molecule has 5 nitrogen and oxygen atoms in total. The van der Waals surface area contributed by atoms with E-state index in [1.807, 2.05) is 16.7 Å². The van der Waals surface area contributed by atoms with E-state index in [9.17, 15) is 4.79 Å². The van der Waals surface area contributed by atoms with Crippen LogP contribution in [-0.4, -0.2) is 33.1 Å². The fourth-order valence-corrected chi connectivity index (χ4v) is 5.69. The number of halogens is 1. The topological polar surface area (TPSA) is 64.1 Å². The summed E-state index contributed by atoms with van der Waals surface area (Å²) in [5, 5.41) is 0.667. The Morgan fingerprint density at radius 1 is 0.795 bits per heavy atom. The largest absolute Gasteiger partial charge is 0.399 e. The summed E-state index contributed by atoms with van der Waals surface area (Å²) in [4.78, 5) is 20.8. The quantitative estimate of drug-likeness (QED) is 0.122. The molecule has 224 valence electrons. The highest BCUT2D eigenvalue weighted by molar-refractivity contribution is 5.85. The standard InChI is InChI=1S/C33H58N4O.ClH/c1-6-7-8-9-10-11-12-13-14-15-16-17-18-19-20-21-32-35-31-26-29(34)22-23-30(31)33(38)37(32)25-24-36(27(2)3)28(4)5;/h22-23,26-28H,6-21,24-25,34H2,1-5H3;1H. The number of hydrogen-bond acceptors (Lipinski definition) is 4. The van der Waals surface area contributed by atoms with Crippen molar-refractivity contribution < 1.29 is 0 Å². The van der Waals surface area contributed by atoms with Crippen LogP contribution in [0.1, 0.15) is 137 Å². The number of rotatable bonds is 21. The second-order valence-corrected chi connectivity index (χ2v) is 11.9. The monoisotopic (exact) mass is 562 g/mol. The number of nitrogen functional groups attached to an aromatic ring is 1. The summed E-state index contributed by atoms with van der Waals surface area (Å²) in [5.74, 6) is 0.912. The molecule has 2 rings (SSSR count). The van der Waals surface area contributed by atoms with Crippen LogP contribution < -0.4 is 11.3 Å². The van der Waals surface area contributed by atoms with Crippen LogP contribution in [0, 0.1) is 0 Å². The molecule has 0 aliphatic rings. The number of nitrogens with zero attached hydrogens (tertiary/aromatic N) is 3. The van der Waals surface area contributed by atoms with Gasteiger partial charge in [-0.15, -0.1) is 12.4 Å². The highest BCUT2D eigenvalue weighted by Crippen LogP contribution is 2.17. The minimum atomic E-state index is 0. The van der Waals surface area contributed by atoms with Gasteiger partial charge in [0.1, 0.15) is 5.82 Å². The first kappa shape index (κ1) is 35.4. The molecule has 0 aliphatic carbocycles. The van der Waals surface area contributed by atoms with Crippen molar-refractivity contribution in [2.24, 2.45) is 0 Å². The van der Waals surface area contributed by atoms with Crippen molar-refractivity contribution in [1.82, 2.24) is 14.5 Å². The zero-order valence-corrected chi connectivity index (χ0v) is 26.7. The smallest absolute Gasteiger partial charge is 0.261 e. The Morgan fingerprint density at radius 2 is 1.28 bits per heavy atom. The summed E-state index contributed by atoms with van der Waals surface area (Å²) >= 11 is 0. The van der Waals surface area contributed by atoms with E-state index in [0.717, 1.165) is 30.7 Å². The van der Waals surface area contributed by atoms with Gasteiger partial charge in [-0.3, -0.25) is 14.3 Å². The summed E-state index contributed by atoms with van der Waals surface area (Å²) in [6.45, 7) is 12.7. The minimum absolute atomic E-state index is 0. The number of hydrogen-bond donors (Lipinski definition) is 1. The van der Waals surface area contributed by atoms with Gasteiger partial charge in [-0.25, -0.2) is 4.98 Å². The molecular weight excluding hydrogens is 504 g/mol. The lowest BCUT2D eigenvalue weighted by Gasteiger charge is -2.31. The van der Waals surface area contributed by atoms with Crippen LogP contribution in [0.15, 0.2) is 23.0 Å². The Hall–Kier alpha value is -1.59. The van der Waals surface area contributed by atoms with Crippen molar-refractivity contribution in [1.29, 1.82) is 0 Å². The third-order valence-corrected chi connectivity index (χ3v) is 7.97. The van der Waals surface area contributed by atoms with Gasteiger partial charge in [0, 0.05) is 37.3 Å². The molecule has 39 heavy (non-hydrogen) atoms. The van der Waals surface area contributed by atoms with Crippen LogP contribution >= 0.6 is 12.4 Å². The highest BCUT2D eigenvalue weighted by atomic mass is 35.5. The van der Waals surface area contributed by atoms with E-state index in [4.69, 9.17) is 10.7 Å². The van der Waals surface area contributed by atoms with E-state index in [1.54, 1.807) is 6.07 Å². The maximum absolute atomic E-state index is 13.4. The first-order valence-electron chi connectivity index (χ1n) is 15.9. The fraction of sp³-hybridized carbons (Fsp3) is 0.758. The van der Waals surface area contributed by atoms with E-state index in [-0.39, 0.29) is 18.0 Å². The zero-order chi connectivity index (χ0) is 27.8. The molecule has 0 atom stereocenters. The number of nitrogens with two attached hydrogens (primary N) is 1. The third-order valence-electron chi connectivity index (χ3n) is 7.97. The molecular formula is C33H59ClN4O. The van der Waals surface area contributed by atoms with E-state index in [0.29, 0.717) is 29.7 Å². The van der Waals surface area contributed by atoms with E-state index in [2.05, 4.69) is 39.5 Å². The van der Waals surface area contributed by atoms with Crippen molar-refractivity contribution in [3.8, 4) is 0 Å². The summed E-state index contributed by atoms with van der Waals surface area (Å²) in [6, 6.07) is 6.36. The lowest BCUT2D eigenvalue weighted by Crippen LogP contribution is -2.41. The summed E-state index contributed by atoms with van der Waals surface area (Å²) in [6.07, 6.45) is 21.2. The predicted octanol–water partition coefficient (Wildman–Crippen LogP) is 8.93. The molecule has 0 saturated carbocycles. The lowest BCUT2D eigenvalue weighted by molar-refractivity contribution is 0.167. The second-order valence-electron chi connectivity index (χ2n) is 11.9. The molecule has 1 aromatic heterocycles.